The van der Waals surface area contributed by atoms with E-state index in [4.69, 9.17) is 0 Å². The van der Waals surface area contributed by atoms with Gasteiger partial charge in [0.15, 0.2) is 5.78 Å². The fourth-order valence-electron chi connectivity index (χ4n) is 4.13. The number of aryl methyl sites for hydroxylation is 2. The number of carbonyl (C=O) groups excluding carboxylic acids is 1. The van der Waals surface area contributed by atoms with E-state index in [9.17, 15) is 14.9 Å². The molecule has 0 unspecified atom stereocenters. The Labute approximate surface area is 163 Å². The van der Waals surface area contributed by atoms with Gasteiger partial charge in [0.25, 0.3) is 5.56 Å². The van der Waals surface area contributed by atoms with Gasteiger partial charge in [0.05, 0.1) is 0 Å². The van der Waals surface area contributed by atoms with Crippen LogP contribution in [0.4, 0.5) is 0 Å². The molecular formula is C24H20N2O2. The first kappa shape index (κ1) is 17.9. The summed E-state index contributed by atoms with van der Waals surface area (Å²) < 4.78 is 1.57. The lowest BCUT2D eigenvalue weighted by atomic mass is 9.81. The number of pyridine rings is 1. The number of hydrogen-bond acceptors (Lipinski definition) is 3. The molecule has 0 N–H and O–H groups in total. The first-order valence-electron chi connectivity index (χ1n) is 9.34. The Morgan fingerprint density at radius 2 is 1.64 bits per heavy atom. The average molecular weight is 368 g/mol. The minimum absolute atomic E-state index is 0.00409. The molecule has 0 saturated heterocycles. The van der Waals surface area contributed by atoms with Crippen LogP contribution in [0, 0.1) is 25.2 Å². The quantitative estimate of drug-likeness (QED) is 0.680. The number of ketones is 1. The van der Waals surface area contributed by atoms with Crippen molar-refractivity contribution in [2.75, 3.05) is 0 Å². The van der Waals surface area contributed by atoms with E-state index in [0.29, 0.717) is 29.8 Å². The fraction of sp³-hybridized carbons (Fsp3) is 0.208. The summed E-state index contributed by atoms with van der Waals surface area (Å²) >= 11 is 0. The summed E-state index contributed by atoms with van der Waals surface area (Å²) in [4.78, 5) is 26.0. The van der Waals surface area contributed by atoms with Crippen LogP contribution >= 0.6 is 0 Å². The Morgan fingerprint density at radius 1 is 0.964 bits per heavy atom. The second-order valence-corrected chi connectivity index (χ2v) is 7.46. The highest BCUT2D eigenvalue weighted by Gasteiger charge is 2.30. The van der Waals surface area contributed by atoms with Gasteiger partial charge in [-0.3, -0.25) is 14.2 Å². The number of hydrogen-bond donors (Lipinski definition) is 0. The summed E-state index contributed by atoms with van der Waals surface area (Å²) in [6, 6.07) is 19.2. The van der Waals surface area contributed by atoms with Gasteiger partial charge in [0, 0.05) is 23.4 Å². The SMILES string of the molecule is Cc1cc(C)cc(-n2c3c(cc(C#N)c2=O)C(=O)C[C@H](c2ccccc2)C3)c1. The van der Waals surface area contributed by atoms with Gasteiger partial charge in [-0.2, -0.15) is 5.26 Å². The van der Waals surface area contributed by atoms with E-state index >= 15 is 0 Å². The molecule has 28 heavy (non-hydrogen) atoms. The van der Waals surface area contributed by atoms with Gasteiger partial charge in [-0.25, -0.2) is 0 Å². The highest BCUT2D eigenvalue weighted by atomic mass is 16.1. The zero-order chi connectivity index (χ0) is 19.8. The number of carbonyl (C=O) groups is 1. The molecule has 0 spiro atoms. The molecule has 0 amide bonds. The maximum absolute atomic E-state index is 13.1. The van der Waals surface area contributed by atoms with Gasteiger partial charge < -0.3 is 0 Å². The molecule has 4 heteroatoms. The zero-order valence-corrected chi connectivity index (χ0v) is 15.9. The predicted molar refractivity (Wildman–Crippen MR) is 108 cm³/mol. The first-order chi connectivity index (χ1) is 13.5. The van der Waals surface area contributed by atoms with Crippen LogP contribution in [0.25, 0.3) is 5.69 Å². The summed E-state index contributed by atoms with van der Waals surface area (Å²) in [7, 11) is 0. The van der Waals surface area contributed by atoms with Crippen molar-refractivity contribution in [3.8, 4) is 11.8 Å². The molecule has 1 atom stereocenters. The largest absolute Gasteiger partial charge is 0.294 e. The highest BCUT2D eigenvalue weighted by molar-refractivity contribution is 5.99. The lowest BCUT2D eigenvalue weighted by Gasteiger charge is -2.27. The number of nitriles is 1. The van der Waals surface area contributed by atoms with E-state index in [-0.39, 0.29) is 22.8 Å². The Bertz CT molecular complexity index is 1160. The second-order valence-electron chi connectivity index (χ2n) is 7.46. The number of aromatic nitrogens is 1. The van der Waals surface area contributed by atoms with Gasteiger partial charge in [-0.05, 0) is 61.1 Å². The monoisotopic (exact) mass is 368 g/mol. The molecule has 138 valence electrons. The Kier molecular flexibility index (Phi) is 4.44. The third-order valence-corrected chi connectivity index (χ3v) is 5.33. The number of rotatable bonds is 2. The molecule has 0 bridgehead atoms. The summed E-state index contributed by atoms with van der Waals surface area (Å²) in [6.45, 7) is 3.94. The van der Waals surface area contributed by atoms with E-state index < -0.39 is 0 Å². The van der Waals surface area contributed by atoms with E-state index in [1.165, 1.54) is 6.07 Å². The van der Waals surface area contributed by atoms with Crippen LogP contribution in [0.5, 0.6) is 0 Å². The molecule has 1 aliphatic carbocycles. The van der Waals surface area contributed by atoms with Crippen LogP contribution in [0.3, 0.4) is 0 Å². The van der Waals surface area contributed by atoms with Crippen molar-refractivity contribution >= 4 is 5.78 Å². The van der Waals surface area contributed by atoms with Crippen LogP contribution in [-0.4, -0.2) is 10.4 Å². The second kappa shape index (κ2) is 6.94. The number of benzene rings is 2. The van der Waals surface area contributed by atoms with E-state index in [1.54, 1.807) is 4.57 Å². The number of Topliss-reactive ketones (excluding diaryl/α,β-unsaturated/α-hetero) is 1. The molecule has 0 saturated carbocycles. The van der Waals surface area contributed by atoms with Crippen molar-refractivity contribution in [3.05, 3.63) is 98.5 Å². The molecule has 4 nitrogen and oxygen atoms in total. The molecule has 0 fully saturated rings. The summed E-state index contributed by atoms with van der Waals surface area (Å²) in [6.07, 6.45) is 0.964. The molecule has 3 aromatic rings. The molecule has 4 rings (SSSR count). The molecule has 1 aromatic heterocycles. The first-order valence-corrected chi connectivity index (χ1v) is 9.34. The molecule has 0 aliphatic heterocycles. The van der Waals surface area contributed by atoms with Gasteiger partial charge in [-0.15, -0.1) is 0 Å². The Hall–Kier alpha value is -3.45. The smallest absolute Gasteiger partial charge is 0.273 e. The topological polar surface area (TPSA) is 62.9 Å². The van der Waals surface area contributed by atoms with E-state index in [1.807, 2.05) is 68.4 Å². The number of fused-ring (bicyclic) bond motifs is 1. The maximum Gasteiger partial charge on any atom is 0.273 e. The van der Waals surface area contributed by atoms with Crippen molar-refractivity contribution in [1.82, 2.24) is 4.57 Å². The van der Waals surface area contributed by atoms with Crippen molar-refractivity contribution in [3.63, 3.8) is 0 Å². The van der Waals surface area contributed by atoms with Gasteiger partial charge in [-0.1, -0.05) is 36.4 Å². The Balaban J connectivity index is 1.97. The van der Waals surface area contributed by atoms with Gasteiger partial charge >= 0.3 is 0 Å². The van der Waals surface area contributed by atoms with Crippen molar-refractivity contribution in [2.45, 2.75) is 32.6 Å². The van der Waals surface area contributed by atoms with E-state index in [0.717, 1.165) is 16.7 Å². The standard InChI is InChI=1S/C24H20N2O2/c1-15-8-16(2)10-20(9-15)26-22-12-18(17-6-4-3-5-7-17)13-23(27)21(22)11-19(14-25)24(26)28/h3-11,18H,12-13H2,1-2H3/t18-/m1/s1. The molecule has 0 radical (unpaired) electrons. The molecule has 1 heterocycles. The van der Waals surface area contributed by atoms with Crippen LogP contribution in [0.1, 0.15) is 50.6 Å². The lowest BCUT2D eigenvalue weighted by molar-refractivity contribution is 0.0962. The van der Waals surface area contributed by atoms with Crippen LogP contribution in [-0.2, 0) is 6.42 Å². The van der Waals surface area contributed by atoms with Crippen molar-refractivity contribution < 1.29 is 4.79 Å². The molecule has 2 aromatic carbocycles. The third-order valence-electron chi connectivity index (χ3n) is 5.33. The molecule has 1 aliphatic rings. The van der Waals surface area contributed by atoms with Crippen molar-refractivity contribution in [2.24, 2.45) is 0 Å². The fourth-order valence-corrected chi connectivity index (χ4v) is 4.13. The maximum atomic E-state index is 13.1. The normalized spacial score (nSPS) is 15.8. The minimum atomic E-state index is -0.368. The van der Waals surface area contributed by atoms with Crippen molar-refractivity contribution in [1.29, 1.82) is 5.26 Å². The highest BCUT2D eigenvalue weighted by Crippen LogP contribution is 2.33. The zero-order valence-electron chi connectivity index (χ0n) is 15.9. The summed E-state index contributed by atoms with van der Waals surface area (Å²) in [5.74, 6) is -0.00424. The average Bonchev–Trinajstić information content (AvgIpc) is 2.67. The molecular weight excluding hydrogens is 348 g/mol. The summed E-state index contributed by atoms with van der Waals surface area (Å²) in [5, 5.41) is 9.44. The lowest BCUT2D eigenvalue weighted by Crippen LogP contribution is -2.31. The van der Waals surface area contributed by atoms with Crippen LogP contribution in [0.15, 0.2) is 59.4 Å². The van der Waals surface area contributed by atoms with Gasteiger partial charge in [0.1, 0.15) is 11.6 Å². The third kappa shape index (κ3) is 3.05. The minimum Gasteiger partial charge on any atom is -0.294 e. The Morgan fingerprint density at radius 3 is 2.29 bits per heavy atom. The van der Waals surface area contributed by atoms with E-state index in [2.05, 4.69) is 0 Å². The van der Waals surface area contributed by atoms with Crippen LogP contribution in [0.2, 0.25) is 0 Å². The predicted octanol–water partition coefficient (Wildman–Crippen LogP) is 4.24. The van der Waals surface area contributed by atoms with Crippen LogP contribution < -0.4 is 5.56 Å². The van der Waals surface area contributed by atoms with Gasteiger partial charge in [0.2, 0.25) is 0 Å². The summed E-state index contributed by atoms with van der Waals surface area (Å²) in [5.41, 5.74) is 4.67. The number of nitrogens with zero attached hydrogens (tertiary/aromatic N) is 2.